The van der Waals surface area contributed by atoms with Gasteiger partial charge in [0, 0.05) is 11.6 Å². The minimum atomic E-state index is -1.13. The van der Waals surface area contributed by atoms with Crippen LogP contribution >= 0.6 is 0 Å². The molecule has 4 heteroatoms. The van der Waals surface area contributed by atoms with Crippen LogP contribution in [0.4, 0.5) is 0 Å². The third kappa shape index (κ3) is 2.25. The SMILES string of the molecule is C=C(C)c1cccc(-c2cc(C(=O)O)on2)c1. The number of hydrogen-bond donors (Lipinski definition) is 1. The van der Waals surface area contributed by atoms with Gasteiger partial charge in [-0.1, -0.05) is 35.5 Å². The second-order valence-corrected chi connectivity index (χ2v) is 3.74. The normalized spacial score (nSPS) is 10.2. The molecule has 1 aromatic carbocycles. The molecule has 2 rings (SSSR count). The summed E-state index contributed by atoms with van der Waals surface area (Å²) in [4.78, 5) is 10.7. The van der Waals surface area contributed by atoms with Crippen LogP contribution in [-0.2, 0) is 0 Å². The summed E-state index contributed by atoms with van der Waals surface area (Å²) in [7, 11) is 0. The van der Waals surface area contributed by atoms with Crippen molar-refractivity contribution >= 4 is 11.5 Å². The summed E-state index contributed by atoms with van der Waals surface area (Å²) in [5.41, 5.74) is 3.24. The quantitative estimate of drug-likeness (QED) is 0.878. The number of carboxylic acid groups (broad SMARTS) is 1. The molecule has 1 heterocycles. The predicted octanol–water partition coefficient (Wildman–Crippen LogP) is 3.07. The Morgan fingerprint density at radius 2 is 2.18 bits per heavy atom. The third-order valence-electron chi connectivity index (χ3n) is 2.37. The van der Waals surface area contributed by atoms with Crippen molar-refractivity contribution < 1.29 is 14.4 Å². The molecule has 0 saturated heterocycles. The van der Waals surface area contributed by atoms with E-state index in [-0.39, 0.29) is 5.76 Å². The maximum atomic E-state index is 10.7. The van der Waals surface area contributed by atoms with Crippen LogP contribution in [0.2, 0.25) is 0 Å². The minimum Gasteiger partial charge on any atom is -0.475 e. The number of carbonyl (C=O) groups is 1. The molecule has 0 amide bonds. The Kier molecular flexibility index (Phi) is 2.78. The molecular formula is C13H11NO3. The van der Waals surface area contributed by atoms with Gasteiger partial charge in [0.25, 0.3) is 0 Å². The highest BCUT2D eigenvalue weighted by atomic mass is 16.5. The van der Waals surface area contributed by atoms with Crippen molar-refractivity contribution in [3.63, 3.8) is 0 Å². The molecule has 0 radical (unpaired) electrons. The Hall–Kier alpha value is -2.36. The van der Waals surface area contributed by atoms with Crippen LogP contribution in [-0.4, -0.2) is 16.2 Å². The molecule has 4 nitrogen and oxygen atoms in total. The zero-order chi connectivity index (χ0) is 12.4. The molecule has 0 saturated carbocycles. The Morgan fingerprint density at radius 1 is 1.41 bits per heavy atom. The molecule has 0 bridgehead atoms. The second-order valence-electron chi connectivity index (χ2n) is 3.74. The van der Waals surface area contributed by atoms with Crippen LogP contribution < -0.4 is 0 Å². The van der Waals surface area contributed by atoms with Crippen LogP contribution in [0, 0.1) is 0 Å². The highest BCUT2D eigenvalue weighted by molar-refractivity contribution is 5.85. The molecule has 0 atom stereocenters. The topological polar surface area (TPSA) is 63.3 Å². The lowest BCUT2D eigenvalue weighted by molar-refractivity contribution is 0.0652. The fourth-order valence-corrected chi connectivity index (χ4v) is 1.46. The van der Waals surface area contributed by atoms with Gasteiger partial charge in [-0.3, -0.25) is 0 Å². The van der Waals surface area contributed by atoms with Crippen molar-refractivity contribution in [2.24, 2.45) is 0 Å². The fourth-order valence-electron chi connectivity index (χ4n) is 1.46. The van der Waals surface area contributed by atoms with E-state index < -0.39 is 5.97 Å². The Bertz CT molecular complexity index is 584. The second kappa shape index (κ2) is 4.25. The Morgan fingerprint density at radius 3 is 2.76 bits per heavy atom. The first kappa shape index (κ1) is 11.1. The number of aromatic carboxylic acids is 1. The van der Waals surface area contributed by atoms with Gasteiger partial charge in [-0.25, -0.2) is 4.79 Å². The van der Waals surface area contributed by atoms with Crippen molar-refractivity contribution in [3.8, 4) is 11.3 Å². The van der Waals surface area contributed by atoms with E-state index in [0.29, 0.717) is 5.69 Å². The molecule has 0 aliphatic carbocycles. The van der Waals surface area contributed by atoms with E-state index in [0.717, 1.165) is 16.7 Å². The summed E-state index contributed by atoms with van der Waals surface area (Å²) < 4.78 is 4.71. The molecule has 2 aromatic rings. The summed E-state index contributed by atoms with van der Waals surface area (Å²) >= 11 is 0. The molecule has 17 heavy (non-hydrogen) atoms. The fraction of sp³-hybridized carbons (Fsp3) is 0.0769. The summed E-state index contributed by atoms with van der Waals surface area (Å²) in [5.74, 6) is -1.29. The zero-order valence-electron chi connectivity index (χ0n) is 9.30. The predicted molar refractivity (Wildman–Crippen MR) is 63.6 cm³/mol. The van der Waals surface area contributed by atoms with E-state index in [1.165, 1.54) is 6.07 Å². The number of carboxylic acids is 1. The third-order valence-corrected chi connectivity index (χ3v) is 2.37. The molecule has 0 aliphatic rings. The highest BCUT2D eigenvalue weighted by Gasteiger charge is 2.12. The first-order chi connectivity index (χ1) is 8.08. The summed E-state index contributed by atoms with van der Waals surface area (Å²) in [5, 5.41) is 12.5. The van der Waals surface area contributed by atoms with E-state index in [1.807, 2.05) is 31.2 Å². The van der Waals surface area contributed by atoms with E-state index in [9.17, 15) is 4.79 Å². The standard InChI is InChI=1S/C13H11NO3/c1-8(2)9-4-3-5-10(6-9)11-7-12(13(15)16)17-14-11/h3-7H,1H2,2H3,(H,15,16). The lowest BCUT2D eigenvalue weighted by Gasteiger charge is -2.01. The van der Waals surface area contributed by atoms with Crippen LogP contribution in [0.15, 0.2) is 41.4 Å². The van der Waals surface area contributed by atoms with Gasteiger partial charge in [0.05, 0.1) is 0 Å². The van der Waals surface area contributed by atoms with E-state index in [2.05, 4.69) is 11.7 Å². The molecule has 1 aromatic heterocycles. The number of benzene rings is 1. The van der Waals surface area contributed by atoms with Crippen molar-refractivity contribution in [2.45, 2.75) is 6.92 Å². The number of hydrogen-bond acceptors (Lipinski definition) is 3. The molecule has 0 spiro atoms. The smallest absolute Gasteiger partial charge is 0.374 e. The van der Waals surface area contributed by atoms with Crippen molar-refractivity contribution in [2.75, 3.05) is 0 Å². The number of nitrogens with zero attached hydrogens (tertiary/aromatic N) is 1. The van der Waals surface area contributed by atoms with Crippen molar-refractivity contribution in [1.29, 1.82) is 0 Å². The highest BCUT2D eigenvalue weighted by Crippen LogP contribution is 2.22. The monoisotopic (exact) mass is 229 g/mol. The molecule has 1 N–H and O–H groups in total. The van der Waals surface area contributed by atoms with Crippen molar-refractivity contribution in [1.82, 2.24) is 5.16 Å². The van der Waals surface area contributed by atoms with Gasteiger partial charge in [0.1, 0.15) is 5.69 Å². The van der Waals surface area contributed by atoms with E-state index >= 15 is 0 Å². The first-order valence-electron chi connectivity index (χ1n) is 5.04. The van der Waals surface area contributed by atoms with Crippen LogP contribution in [0.3, 0.4) is 0 Å². The van der Waals surface area contributed by atoms with Crippen LogP contribution in [0.25, 0.3) is 16.8 Å². The van der Waals surface area contributed by atoms with Gasteiger partial charge in [-0.2, -0.15) is 0 Å². The minimum absolute atomic E-state index is 0.166. The summed E-state index contributed by atoms with van der Waals surface area (Å²) in [6.45, 7) is 5.76. The molecule has 86 valence electrons. The van der Waals surface area contributed by atoms with E-state index in [1.54, 1.807) is 0 Å². The van der Waals surface area contributed by atoms with Crippen molar-refractivity contribution in [3.05, 3.63) is 48.2 Å². The average molecular weight is 229 g/mol. The number of allylic oxidation sites excluding steroid dienone is 1. The maximum absolute atomic E-state index is 10.7. The number of aromatic nitrogens is 1. The lowest BCUT2D eigenvalue weighted by atomic mass is 10.0. The average Bonchev–Trinajstić information content (AvgIpc) is 2.78. The largest absolute Gasteiger partial charge is 0.475 e. The number of rotatable bonds is 3. The Labute approximate surface area is 98.2 Å². The molecule has 0 unspecified atom stereocenters. The molecular weight excluding hydrogens is 218 g/mol. The van der Waals surface area contributed by atoms with E-state index in [4.69, 9.17) is 9.63 Å². The first-order valence-corrected chi connectivity index (χ1v) is 5.04. The zero-order valence-corrected chi connectivity index (χ0v) is 9.30. The Balaban J connectivity index is 2.42. The van der Waals surface area contributed by atoms with Gasteiger partial charge in [-0.05, 0) is 18.6 Å². The maximum Gasteiger partial charge on any atom is 0.374 e. The molecule has 0 fully saturated rings. The van der Waals surface area contributed by atoms with Gasteiger partial charge in [0.2, 0.25) is 5.76 Å². The lowest BCUT2D eigenvalue weighted by Crippen LogP contribution is -1.91. The van der Waals surface area contributed by atoms with Gasteiger partial charge in [0.15, 0.2) is 0 Å². The van der Waals surface area contributed by atoms with Crippen LogP contribution in [0.5, 0.6) is 0 Å². The summed E-state index contributed by atoms with van der Waals surface area (Å²) in [6, 6.07) is 8.94. The van der Waals surface area contributed by atoms with Crippen LogP contribution in [0.1, 0.15) is 23.0 Å². The summed E-state index contributed by atoms with van der Waals surface area (Å²) in [6.07, 6.45) is 0. The van der Waals surface area contributed by atoms with Gasteiger partial charge >= 0.3 is 5.97 Å². The van der Waals surface area contributed by atoms with Gasteiger partial charge < -0.3 is 9.63 Å². The van der Waals surface area contributed by atoms with Gasteiger partial charge in [-0.15, -0.1) is 0 Å². The molecule has 0 aliphatic heterocycles.